The van der Waals surface area contributed by atoms with Crippen LogP contribution in [0, 0.1) is 16.6 Å². The zero-order valence-electron chi connectivity index (χ0n) is 20.3. The van der Waals surface area contributed by atoms with E-state index in [1.54, 1.807) is 14.2 Å². The van der Waals surface area contributed by atoms with Crippen LogP contribution in [-0.2, 0) is 9.53 Å². The Kier molecular flexibility index (Phi) is 13.2. The lowest BCUT2D eigenvalue weighted by molar-refractivity contribution is -0.134. The van der Waals surface area contributed by atoms with Crippen LogP contribution in [0.15, 0.2) is 0 Å². The first kappa shape index (κ1) is 30.8. The van der Waals surface area contributed by atoms with Crippen LogP contribution in [0.2, 0.25) is 0 Å². The van der Waals surface area contributed by atoms with Crippen LogP contribution in [0.4, 0.5) is 5.69 Å². The van der Waals surface area contributed by atoms with Crippen molar-refractivity contribution in [3.63, 3.8) is 0 Å². The highest BCUT2D eigenvalue weighted by Gasteiger charge is 2.32. The predicted molar refractivity (Wildman–Crippen MR) is 163 cm³/mol. The number of nitrogens with zero attached hydrogens (tertiary/aromatic N) is 1. The minimum Gasteiger partial charge on any atom is -0.365 e. The number of likely N-dealkylation sites (tertiary alicyclic amines) is 1. The van der Waals surface area contributed by atoms with Gasteiger partial charge in [0.25, 0.3) is 11.8 Å². The number of halogens is 3. The smallest absolute Gasteiger partial charge is 0.254 e. The molecule has 0 aliphatic carbocycles. The summed E-state index contributed by atoms with van der Waals surface area (Å²) in [4.78, 5) is 41.6. The Balaban J connectivity index is 2.43. The Morgan fingerprint density at radius 3 is 2.20 bits per heavy atom. The molecular weight excluding hydrogens is 791 g/mol. The summed E-state index contributed by atoms with van der Waals surface area (Å²) in [6, 6.07) is -0.646. The minimum atomic E-state index is -0.646. The summed E-state index contributed by atoms with van der Waals surface area (Å²) < 4.78 is 7.06. The number of rotatable bonds is 11. The van der Waals surface area contributed by atoms with E-state index in [-0.39, 0.29) is 24.5 Å². The van der Waals surface area contributed by atoms with Gasteiger partial charge >= 0.3 is 0 Å². The minimum absolute atomic E-state index is 0.0537. The van der Waals surface area contributed by atoms with Crippen molar-refractivity contribution >= 4 is 91.2 Å². The molecule has 0 radical (unpaired) electrons. The number of carbonyl (C=O) groups is 3. The van der Waals surface area contributed by atoms with Crippen molar-refractivity contribution in [2.45, 2.75) is 45.1 Å². The molecule has 0 aromatic heterocycles. The number of amides is 3. The average Bonchev–Trinajstić information content (AvgIpc) is 2.83. The van der Waals surface area contributed by atoms with E-state index in [4.69, 9.17) is 10.5 Å². The molecule has 1 aromatic carbocycles. The molecule has 1 fully saturated rings. The van der Waals surface area contributed by atoms with E-state index in [1.807, 2.05) is 27.5 Å². The highest BCUT2D eigenvalue weighted by molar-refractivity contribution is 14.1. The van der Waals surface area contributed by atoms with Gasteiger partial charge in [-0.25, -0.2) is 0 Å². The van der Waals surface area contributed by atoms with E-state index >= 15 is 0 Å². The quantitative estimate of drug-likeness (QED) is 0.154. The second kappa shape index (κ2) is 15.1. The molecule has 0 spiro atoms. The zero-order valence-corrected chi connectivity index (χ0v) is 26.8. The van der Waals surface area contributed by atoms with Gasteiger partial charge in [0, 0.05) is 30.8 Å². The molecule has 35 heavy (non-hydrogen) atoms. The maximum Gasteiger partial charge on any atom is 0.254 e. The third-order valence-electron chi connectivity index (χ3n) is 6.04. The number of benzene rings is 1. The van der Waals surface area contributed by atoms with Gasteiger partial charge < -0.3 is 31.3 Å². The van der Waals surface area contributed by atoms with E-state index in [0.29, 0.717) is 59.5 Å². The summed E-state index contributed by atoms with van der Waals surface area (Å²) in [7, 11) is 3.12. The number of ether oxygens (including phenoxy) is 1. The van der Waals surface area contributed by atoms with Crippen molar-refractivity contribution in [3.05, 3.63) is 21.8 Å². The van der Waals surface area contributed by atoms with Crippen molar-refractivity contribution in [2.24, 2.45) is 11.7 Å². The Labute approximate surface area is 248 Å². The lowest BCUT2D eigenvalue weighted by Gasteiger charge is -2.33. The number of hydrogen-bond donors (Lipinski definition) is 4. The van der Waals surface area contributed by atoms with E-state index in [0.717, 1.165) is 25.7 Å². The van der Waals surface area contributed by atoms with Crippen molar-refractivity contribution in [2.75, 3.05) is 45.8 Å². The average molecular weight is 825 g/mol. The van der Waals surface area contributed by atoms with Gasteiger partial charge in [0.15, 0.2) is 0 Å². The first-order chi connectivity index (χ1) is 16.7. The Morgan fingerprint density at radius 1 is 1.06 bits per heavy atom. The molecular formula is C23H34I3N5O4. The fourth-order valence-corrected chi connectivity index (χ4v) is 8.44. The first-order valence-electron chi connectivity index (χ1n) is 11.6. The van der Waals surface area contributed by atoms with Gasteiger partial charge in [-0.3, -0.25) is 14.4 Å². The normalized spacial score (nSPS) is 15.0. The summed E-state index contributed by atoms with van der Waals surface area (Å²) in [5, 5.41) is 8.81. The lowest BCUT2D eigenvalue weighted by Crippen LogP contribution is -2.51. The van der Waals surface area contributed by atoms with Crippen LogP contribution in [0.3, 0.4) is 0 Å². The number of hydrogen-bond acceptors (Lipinski definition) is 6. The molecule has 1 atom stereocenters. The highest BCUT2D eigenvalue weighted by Crippen LogP contribution is 2.36. The largest absolute Gasteiger partial charge is 0.365 e. The molecule has 1 aromatic rings. The van der Waals surface area contributed by atoms with Crippen molar-refractivity contribution in [1.29, 1.82) is 0 Å². The standard InChI is InChI=1S/C23H34I3N5O4/c1-13-7-10-31(11-8-13)23(34)14(6-4-5-9-27)30-22(33)16-17(24)15(21(32)28-2)18(25)20(19(16)26)29-12-35-3/h13-14,29H,4-12,27H2,1-3H3,(H,28,32)(H,30,33). The van der Waals surface area contributed by atoms with E-state index < -0.39 is 6.04 Å². The predicted octanol–water partition coefficient (Wildman–Crippen LogP) is 3.36. The fraction of sp³-hybridized carbons (Fsp3) is 0.609. The number of unbranched alkanes of at least 4 members (excludes halogenated alkanes) is 1. The fourth-order valence-electron chi connectivity index (χ4n) is 3.92. The Bertz CT molecular complexity index is 923. The van der Waals surface area contributed by atoms with Crippen molar-refractivity contribution in [3.8, 4) is 0 Å². The number of nitrogens with one attached hydrogen (secondary N) is 3. The number of carbonyl (C=O) groups excluding carboxylic acids is 3. The number of nitrogens with two attached hydrogens (primary N) is 1. The summed E-state index contributed by atoms with van der Waals surface area (Å²) >= 11 is 6.26. The summed E-state index contributed by atoms with van der Waals surface area (Å²) in [5.74, 6) is -0.123. The molecule has 0 saturated carbocycles. The van der Waals surface area contributed by atoms with Crippen LogP contribution in [-0.4, -0.2) is 69.2 Å². The summed E-state index contributed by atoms with van der Waals surface area (Å²) in [6.45, 7) is 4.35. The molecule has 3 amide bonds. The van der Waals surface area contributed by atoms with Crippen molar-refractivity contribution in [1.82, 2.24) is 15.5 Å². The molecule has 1 saturated heterocycles. The molecule has 196 valence electrons. The molecule has 12 heteroatoms. The SMILES string of the molecule is CNC(=O)c1c(I)c(NCOC)c(I)c(C(=O)NC(CCCCN)C(=O)N2CCC(C)CC2)c1I. The molecule has 1 heterocycles. The van der Waals surface area contributed by atoms with Gasteiger partial charge in [-0.1, -0.05) is 6.92 Å². The van der Waals surface area contributed by atoms with Gasteiger partial charge in [-0.05, 0) is 112 Å². The Hall–Kier alpha value is -0.460. The summed E-state index contributed by atoms with van der Waals surface area (Å²) in [6.07, 6.45) is 3.96. The van der Waals surface area contributed by atoms with E-state index in [9.17, 15) is 14.4 Å². The maximum absolute atomic E-state index is 13.7. The second-order valence-electron chi connectivity index (χ2n) is 8.57. The van der Waals surface area contributed by atoms with Gasteiger partial charge in [-0.15, -0.1) is 0 Å². The summed E-state index contributed by atoms with van der Waals surface area (Å²) in [5.41, 5.74) is 7.10. The first-order valence-corrected chi connectivity index (χ1v) is 14.9. The molecule has 0 bridgehead atoms. The molecule has 1 aliphatic heterocycles. The van der Waals surface area contributed by atoms with Crippen LogP contribution in [0.1, 0.15) is 59.7 Å². The van der Waals surface area contributed by atoms with Gasteiger partial charge in [0.2, 0.25) is 5.91 Å². The van der Waals surface area contributed by atoms with Crippen molar-refractivity contribution < 1.29 is 19.1 Å². The number of piperidine rings is 1. The number of anilines is 1. The van der Waals surface area contributed by atoms with Crippen LogP contribution in [0.5, 0.6) is 0 Å². The Morgan fingerprint density at radius 2 is 1.66 bits per heavy atom. The van der Waals surface area contributed by atoms with E-state index in [2.05, 4.69) is 68.1 Å². The molecule has 1 aliphatic rings. The topological polar surface area (TPSA) is 126 Å². The molecule has 1 unspecified atom stereocenters. The molecule has 5 N–H and O–H groups in total. The van der Waals surface area contributed by atoms with Gasteiger partial charge in [0.1, 0.15) is 12.8 Å². The zero-order chi connectivity index (χ0) is 26.1. The highest BCUT2D eigenvalue weighted by atomic mass is 127. The van der Waals surface area contributed by atoms with Crippen LogP contribution in [0.25, 0.3) is 0 Å². The molecule has 2 rings (SSSR count). The number of methoxy groups -OCH3 is 1. The third kappa shape index (κ3) is 8.01. The second-order valence-corrected chi connectivity index (χ2v) is 11.8. The lowest BCUT2D eigenvalue weighted by atomic mass is 9.98. The third-order valence-corrected chi connectivity index (χ3v) is 9.27. The molecule has 9 nitrogen and oxygen atoms in total. The van der Waals surface area contributed by atoms with Gasteiger partial charge in [-0.2, -0.15) is 0 Å². The monoisotopic (exact) mass is 825 g/mol. The maximum atomic E-state index is 13.7. The van der Waals surface area contributed by atoms with E-state index in [1.165, 1.54) is 0 Å². The van der Waals surface area contributed by atoms with Gasteiger partial charge in [0.05, 0.1) is 24.0 Å². The van der Waals surface area contributed by atoms with Crippen LogP contribution >= 0.6 is 67.8 Å². The van der Waals surface area contributed by atoms with Crippen LogP contribution < -0.4 is 21.7 Å².